The van der Waals surface area contributed by atoms with Gasteiger partial charge in [0.1, 0.15) is 0 Å². The fraction of sp³-hybridized carbons (Fsp3) is 0.368. The van der Waals surface area contributed by atoms with E-state index in [1.807, 2.05) is 26.0 Å². The van der Waals surface area contributed by atoms with Crippen LogP contribution in [0.15, 0.2) is 35.5 Å². The quantitative estimate of drug-likeness (QED) is 0.646. The molecule has 0 spiro atoms. The first-order chi connectivity index (χ1) is 12.3. The van der Waals surface area contributed by atoms with Gasteiger partial charge in [-0.05, 0) is 44.9 Å². The molecule has 7 heteroatoms. The molecule has 1 aliphatic rings. The Kier molecular flexibility index (Phi) is 3.80. The maximum Gasteiger partial charge on any atom is 0.228 e. The molecular formula is C19H21N3O3S. The Labute approximate surface area is 152 Å². The van der Waals surface area contributed by atoms with Gasteiger partial charge in [0.2, 0.25) is 15.0 Å². The van der Waals surface area contributed by atoms with Crippen LogP contribution in [-0.2, 0) is 16.4 Å². The molecule has 0 bridgehead atoms. The van der Waals surface area contributed by atoms with Gasteiger partial charge in [-0.3, -0.25) is 4.79 Å². The Bertz CT molecular complexity index is 1130. The number of carbonyl (C=O) groups excluding carboxylic acids is 1. The van der Waals surface area contributed by atoms with Crippen LogP contribution >= 0.6 is 0 Å². The number of imidazole rings is 1. The number of carbonyl (C=O) groups is 1. The van der Waals surface area contributed by atoms with Crippen LogP contribution in [0.1, 0.15) is 40.6 Å². The molecule has 2 aromatic heterocycles. The summed E-state index contributed by atoms with van der Waals surface area (Å²) in [6.45, 7) is 3.93. The average molecular weight is 371 g/mol. The summed E-state index contributed by atoms with van der Waals surface area (Å²) in [6.07, 6.45) is 3.41. The summed E-state index contributed by atoms with van der Waals surface area (Å²) in [5, 5.41) is -0.0666. The molecule has 6 nitrogen and oxygen atoms in total. The third-order valence-corrected chi connectivity index (χ3v) is 5.92. The Hall–Kier alpha value is -2.41. The van der Waals surface area contributed by atoms with Crippen molar-refractivity contribution < 1.29 is 13.2 Å². The Balaban J connectivity index is 1.78. The Morgan fingerprint density at radius 2 is 1.92 bits per heavy atom. The lowest BCUT2D eigenvalue weighted by molar-refractivity contribution is 0.0969. The number of Topliss-reactive ketones (excluding diaryl/α,β-unsaturated/α-hetero) is 1. The molecule has 0 atom stereocenters. The predicted octanol–water partition coefficient (Wildman–Crippen LogP) is 3.08. The minimum absolute atomic E-state index is 0.0438. The van der Waals surface area contributed by atoms with E-state index in [1.54, 1.807) is 18.2 Å². The highest BCUT2D eigenvalue weighted by Gasteiger charge is 2.29. The molecule has 0 aliphatic heterocycles. The molecule has 0 amide bonds. The molecule has 2 heterocycles. The summed E-state index contributed by atoms with van der Waals surface area (Å²) in [5.74, 6) is -0.0990. The van der Waals surface area contributed by atoms with Gasteiger partial charge in [0.15, 0.2) is 5.78 Å². The molecule has 26 heavy (non-hydrogen) atoms. The fourth-order valence-electron chi connectivity index (χ4n) is 3.67. The SMILES string of the molecule is Cc1cc(C(=O)Cn2c(S(C)(=O)=O)nc3ccccc32)c(C)n1C1CC1. The lowest BCUT2D eigenvalue weighted by Crippen LogP contribution is -2.16. The van der Waals surface area contributed by atoms with Crippen molar-refractivity contribution in [2.45, 2.75) is 44.4 Å². The monoisotopic (exact) mass is 371 g/mol. The predicted molar refractivity (Wildman–Crippen MR) is 99.4 cm³/mol. The van der Waals surface area contributed by atoms with Gasteiger partial charge in [0.25, 0.3) is 0 Å². The zero-order valence-electron chi connectivity index (χ0n) is 15.1. The van der Waals surface area contributed by atoms with Crippen LogP contribution in [0.25, 0.3) is 11.0 Å². The number of ketones is 1. The van der Waals surface area contributed by atoms with E-state index in [-0.39, 0.29) is 17.5 Å². The van der Waals surface area contributed by atoms with Crippen molar-refractivity contribution >= 4 is 26.7 Å². The first-order valence-electron chi connectivity index (χ1n) is 8.64. The highest BCUT2D eigenvalue weighted by Crippen LogP contribution is 2.38. The molecule has 1 aromatic carbocycles. The van der Waals surface area contributed by atoms with E-state index in [0.29, 0.717) is 22.6 Å². The number of aryl methyl sites for hydroxylation is 1. The van der Waals surface area contributed by atoms with Crippen molar-refractivity contribution in [2.75, 3.05) is 6.26 Å². The van der Waals surface area contributed by atoms with E-state index in [1.165, 1.54) is 4.57 Å². The van der Waals surface area contributed by atoms with Gasteiger partial charge in [0.05, 0.1) is 17.6 Å². The second-order valence-electron chi connectivity index (χ2n) is 7.05. The number of fused-ring (bicyclic) bond motifs is 1. The van der Waals surface area contributed by atoms with E-state index in [2.05, 4.69) is 9.55 Å². The molecule has 1 fully saturated rings. The first kappa shape index (κ1) is 17.0. The van der Waals surface area contributed by atoms with Crippen LogP contribution in [0.3, 0.4) is 0 Å². The molecule has 0 radical (unpaired) electrons. The second-order valence-corrected chi connectivity index (χ2v) is 8.96. The highest BCUT2D eigenvalue weighted by atomic mass is 32.2. The number of benzene rings is 1. The lowest BCUT2D eigenvalue weighted by Gasteiger charge is -2.09. The standard InChI is InChI=1S/C19H21N3O3S/c1-12-10-15(13(2)22(12)14-8-9-14)18(23)11-21-17-7-5-4-6-16(17)20-19(21)26(3,24)25/h4-7,10,14H,8-9,11H2,1-3H3. The van der Waals surface area contributed by atoms with Gasteiger partial charge in [0, 0.05) is 29.2 Å². The molecule has 3 aromatic rings. The van der Waals surface area contributed by atoms with Crippen LogP contribution in [0.2, 0.25) is 0 Å². The van der Waals surface area contributed by atoms with Gasteiger partial charge in [-0.1, -0.05) is 12.1 Å². The van der Waals surface area contributed by atoms with E-state index in [4.69, 9.17) is 0 Å². The van der Waals surface area contributed by atoms with Gasteiger partial charge < -0.3 is 9.13 Å². The number of hydrogen-bond donors (Lipinski definition) is 0. The summed E-state index contributed by atoms with van der Waals surface area (Å²) in [4.78, 5) is 17.2. The van der Waals surface area contributed by atoms with Crippen molar-refractivity contribution in [3.63, 3.8) is 0 Å². The van der Waals surface area contributed by atoms with Crippen LogP contribution in [0.5, 0.6) is 0 Å². The van der Waals surface area contributed by atoms with E-state index >= 15 is 0 Å². The number of aromatic nitrogens is 3. The van der Waals surface area contributed by atoms with E-state index < -0.39 is 9.84 Å². The number of para-hydroxylation sites is 2. The van der Waals surface area contributed by atoms with Gasteiger partial charge >= 0.3 is 0 Å². The summed E-state index contributed by atoms with van der Waals surface area (Å²) in [6, 6.07) is 9.57. The van der Waals surface area contributed by atoms with Crippen molar-refractivity contribution in [3.05, 3.63) is 47.3 Å². The number of nitrogens with zero attached hydrogens (tertiary/aromatic N) is 3. The maximum atomic E-state index is 13.0. The minimum atomic E-state index is -3.55. The fourth-order valence-corrected chi connectivity index (χ4v) is 4.50. The Morgan fingerprint density at radius 1 is 1.23 bits per heavy atom. The molecule has 1 aliphatic carbocycles. The summed E-state index contributed by atoms with van der Waals surface area (Å²) in [5.41, 5.74) is 3.92. The summed E-state index contributed by atoms with van der Waals surface area (Å²) >= 11 is 0. The van der Waals surface area contributed by atoms with Gasteiger partial charge in [-0.2, -0.15) is 0 Å². The topological polar surface area (TPSA) is 74.0 Å². The normalized spacial score (nSPS) is 14.9. The summed E-state index contributed by atoms with van der Waals surface area (Å²) < 4.78 is 28.1. The summed E-state index contributed by atoms with van der Waals surface area (Å²) in [7, 11) is -3.55. The van der Waals surface area contributed by atoms with Crippen molar-refractivity contribution in [1.29, 1.82) is 0 Å². The minimum Gasteiger partial charge on any atom is -0.345 e. The molecule has 0 saturated heterocycles. The molecule has 0 N–H and O–H groups in total. The van der Waals surface area contributed by atoms with Crippen molar-refractivity contribution in [1.82, 2.24) is 14.1 Å². The van der Waals surface area contributed by atoms with Gasteiger partial charge in [-0.15, -0.1) is 0 Å². The molecule has 4 rings (SSSR count). The number of rotatable bonds is 5. The second kappa shape index (κ2) is 5.81. The lowest BCUT2D eigenvalue weighted by atomic mass is 10.1. The van der Waals surface area contributed by atoms with Crippen LogP contribution in [0.4, 0.5) is 0 Å². The number of hydrogen-bond acceptors (Lipinski definition) is 4. The molecule has 1 saturated carbocycles. The van der Waals surface area contributed by atoms with Crippen LogP contribution < -0.4 is 0 Å². The Morgan fingerprint density at radius 3 is 2.58 bits per heavy atom. The van der Waals surface area contributed by atoms with Crippen molar-refractivity contribution in [2.24, 2.45) is 0 Å². The van der Waals surface area contributed by atoms with E-state index in [9.17, 15) is 13.2 Å². The molecule has 136 valence electrons. The zero-order valence-corrected chi connectivity index (χ0v) is 15.9. The van der Waals surface area contributed by atoms with Gasteiger partial charge in [-0.25, -0.2) is 13.4 Å². The smallest absolute Gasteiger partial charge is 0.228 e. The number of sulfone groups is 1. The molecular weight excluding hydrogens is 350 g/mol. The largest absolute Gasteiger partial charge is 0.345 e. The highest BCUT2D eigenvalue weighted by molar-refractivity contribution is 7.90. The third kappa shape index (κ3) is 2.76. The van der Waals surface area contributed by atoms with E-state index in [0.717, 1.165) is 30.5 Å². The van der Waals surface area contributed by atoms with Crippen LogP contribution in [-0.4, -0.2) is 34.6 Å². The van der Waals surface area contributed by atoms with Crippen LogP contribution in [0, 0.1) is 13.8 Å². The third-order valence-electron chi connectivity index (χ3n) is 4.95. The zero-order chi connectivity index (χ0) is 18.6. The molecule has 0 unspecified atom stereocenters. The van der Waals surface area contributed by atoms with Crippen molar-refractivity contribution in [3.8, 4) is 0 Å². The first-order valence-corrected chi connectivity index (χ1v) is 10.5. The maximum absolute atomic E-state index is 13.0. The average Bonchev–Trinajstić information content (AvgIpc) is 3.26.